The van der Waals surface area contributed by atoms with E-state index in [1.165, 1.54) is 11.1 Å². The summed E-state index contributed by atoms with van der Waals surface area (Å²) in [4.78, 5) is 16.5. The number of amides is 2. The zero-order chi connectivity index (χ0) is 18.0. The highest BCUT2D eigenvalue weighted by molar-refractivity contribution is 6.02. The summed E-state index contributed by atoms with van der Waals surface area (Å²) >= 11 is 0. The van der Waals surface area contributed by atoms with Crippen molar-refractivity contribution in [3.05, 3.63) is 71.8 Å². The molecule has 0 bridgehead atoms. The van der Waals surface area contributed by atoms with Gasteiger partial charge in [-0.05, 0) is 37.7 Å². The summed E-state index contributed by atoms with van der Waals surface area (Å²) in [5, 5.41) is 2.96. The molecular formula is C21H25N3O. The third kappa shape index (κ3) is 3.44. The van der Waals surface area contributed by atoms with Crippen molar-refractivity contribution >= 4 is 17.4 Å². The topological polar surface area (TPSA) is 35.6 Å². The van der Waals surface area contributed by atoms with Crippen LogP contribution in [0.15, 0.2) is 55.1 Å². The van der Waals surface area contributed by atoms with Gasteiger partial charge in [0, 0.05) is 17.8 Å². The van der Waals surface area contributed by atoms with E-state index in [1.807, 2.05) is 38.4 Å². The molecule has 4 heteroatoms. The van der Waals surface area contributed by atoms with E-state index in [0.717, 1.165) is 23.4 Å². The number of likely N-dealkylation sites (N-methyl/N-ethyl adjacent to an activating group) is 1. The van der Waals surface area contributed by atoms with Crippen LogP contribution in [0.4, 0.5) is 10.5 Å². The van der Waals surface area contributed by atoms with E-state index in [1.54, 1.807) is 4.90 Å². The van der Waals surface area contributed by atoms with E-state index in [4.69, 9.17) is 0 Å². The summed E-state index contributed by atoms with van der Waals surface area (Å²) < 4.78 is 0. The first-order chi connectivity index (χ1) is 12.0. The second-order valence-corrected chi connectivity index (χ2v) is 6.61. The molecule has 1 aliphatic heterocycles. The van der Waals surface area contributed by atoms with Crippen LogP contribution in [-0.2, 0) is 6.42 Å². The molecule has 25 heavy (non-hydrogen) atoms. The van der Waals surface area contributed by atoms with Crippen LogP contribution >= 0.6 is 0 Å². The number of nitrogens with zero attached hydrogens (tertiary/aromatic N) is 2. The van der Waals surface area contributed by atoms with E-state index >= 15 is 0 Å². The molecule has 0 unspecified atom stereocenters. The fraction of sp³-hybridized carbons (Fsp3) is 0.286. The molecule has 3 rings (SSSR count). The Morgan fingerprint density at radius 3 is 2.44 bits per heavy atom. The van der Waals surface area contributed by atoms with Crippen molar-refractivity contribution in [2.75, 3.05) is 26.0 Å². The van der Waals surface area contributed by atoms with Gasteiger partial charge in [0.05, 0.1) is 11.7 Å². The monoisotopic (exact) mass is 335 g/mol. The zero-order valence-electron chi connectivity index (χ0n) is 15.1. The van der Waals surface area contributed by atoms with Gasteiger partial charge in [-0.3, -0.25) is 4.90 Å². The standard InChI is InChI=1S/C21H25N3O/c1-5-16-10-12-17(13-11-16)20(23(3)4)14-24-15(2)18-8-6-7-9-19(18)22-21(24)25/h6-13,20H,2,5,14H2,1,3-4H3,(H,22,25)/t20-/m0/s1. The van der Waals surface area contributed by atoms with Crippen molar-refractivity contribution in [3.8, 4) is 0 Å². The van der Waals surface area contributed by atoms with Crippen LogP contribution < -0.4 is 5.32 Å². The lowest BCUT2D eigenvalue weighted by Gasteiger charge is -2.36. The van der Waals surface area contributed by atoms with Crippen LogP contribution in [0.3, 0.4) is 0 Å². The van der Waals surface area contributed by atoms with Crippen LogP contribution in [0.1, 0.15) is 29.7 Å². The van der Waals surface area contributed by atoms with Crippen molar-refractivity contribution in [3.63, 3.8) is 0 Å². The van der Waals surface area contributed by atoms with Crippen LogP contribution in [-0.4, -0.2) is 36.5 Å². The molecule has 1 atom stereocenters. The van der Waals surface area contributed by atoms with Gasteiger partial charge < -0.3 is 10.2 Å². The number of hydrogen-bond donors (Lipinski definition) is 1. The number of aryl methyl sites for hydroxylation is 1. The predicted octanol–water partition coefficient (Wildman–Crippen LogP) is 4.37. The van der Waals surface area contributed by atoms with E-state index in [-0.39, 0.29) is 12.1 Å². The summed E-state index contributed by atoms with van der Waals surface area (Å²) in [5.74, 6) is 0. The Balaban J connectivity index is 1.87. The van der Waals surface area contributed by atoms with Crippen molar-refractivity contribution in [1.29, 1.82) is 0 Å². The Labute approximate surface area is 149 Å². The van der Waals surface area contributed by atoms with Crippen molar-refractivity contribution in [1.82, 2.24) is 9.80 Å². The third-order valence-electron chi connectivity index (χ3n) is 4.80. The molecular weight excluding hydrogens is 310 g/mol. The van der Waals surface area contributed by atoms with Gasteiger partial charge >= 0.3 is 6.03 Å². The highest BCUT2D eigenvalue weighted by Gasteiger charge is 2.29. The summed E-state index contributed by atoms with van der Waals surface area (Å²) in [5.41, 5.74) is 5.05. The third-order valence-corrected chi connectivity index (χ3v) is 4.80. The maximum absolute atomic E-state index is 12.6. The molecule has 1 aliphatic rings. The number of anilines is 1. The smallest absolute Gasteiger partial charge is 0.307 e. The second-order valence-electron chi connectivity index (χ2n) is 6.61. The average Bonchev–Trinajstić information content (AvgIpc) is 2.61. The van der Waals surface area contributed by atoms with Crippen LogP contribution in [0.2, 0.25) is 0 Å². The summed E-state index contributed by atoms with van der Waals surface area (Å²) in [6.07, 6.45) is 1.02. The maximum Gasteiger partial charge on any atom is 0.326 e. The van der Waals surface area contributed by atoms with Crippen molar-refractivity contribution < 1.29 is 4.79 Å². The van der Waals surface area contributed by atoms with E-state index in [0.29, 0.717) is 6.54 Å². The van der Waals surface area contributed by atoms with Gasteiger partial charge in [0.2, 0.25) is 0 Å². The molecule has 2 aromatic rings. The minimum atomic E-state index is -0.124. The van der Waals surface area contributed by atoms with Crippen LogP contribution in [0, 0.1) is 0 Å². The van der Waals surface area contributed by atoms with Gasteiger partial charge in [0.15, 0.2) is 0 Å². The normalized spacial score (nSPS) is 15.1. The highest BCUT2D eigenvalue weighted by Crippen LogP contribution is 2.33. The number of para-hydroxylation sites is 1. The number of nitrogens with one attached hydrogen (secondary N) is 1. The van der Waals surface area contributed by atoms with E-state index < -0.39 is 0 Å². The first-order valence-corrected chi connectivity index (χ1v) is 8.63. The Hall–Kier alpha value is -2.59. The molecule has 2 aromatic carbocycles. The summed E-state index contributed by atoms with van der Waals surface area (Å²) in [6, 6.07) is 16.4. The molecule has 0 aliphatic carbocycles. The molecule has 0 spiro atoms. The number of rotatable bonds is 5. The fourth-order valence-corrected chi connectivity index (χ4v) is 3.20. The lowest BCUT2D eigenvalue weighted by molar-refractivity contribution is 0.208. The first kappa shape index (κ1) is 17.2. The van der Waals surface area contributed by atoms with Gasteiger partial charge in [-0.15, -0.1) is 0 Å². The van der Waals surface area contributed by atoms with Gasteiger partial charge in [0.25, 0.3) is 0 Å². The molecule has 4 nitrogen and oxygen atoms in total. The van der Waals surface area contributed by atoms with Gasteiger partial charge in [-0.2, -0.15) is 0 Å². The van der Waals surface area contributed by atoms with Crippen molar-refractivity contribution in [2.45, 2.75) is 19.4 Å². The summed E-state index contributed by atoms with van der Waals surface area (Å²) in [7, 11) is 4.08. The van der Waals surface area contributed by atoms with Crippen LogP contribution in [0.5, 0.6) is 0 Å². The Morgan fingerprint density at radius 1 is 1.12 bits per heavy atom. The molecule has 1 N–H and O–H groups in total. The zero-order valence-corrected chi connectivity index (χ0v) is 15.1. The predicted molar refractivity (Wildman–Crippen MR) is 103 cm³/mol. The minimum Gasteiger partial charge on any atom is -0.307 e. The molecule has 130 valence electrons. The van der Waals surface area contributed by atoms with Gasteiger partial charge in [-0.25, -0.2) is 4.79 Å². The SMILES string of the molecule is C=C1c2ccccc2NC(=O)N1C[C@@H](c1ccc(CC)cc1)N(C)C. The number of hydrogen-bond acceptors (Lipinski definition) is 2. The molecule has 0 saturated heterocycles. The average molecular weight is 335 g/mol. The Morgan fingerprint density at radius 2 is 1.80 bits per heavy atom. The minimum absolute atomic E-state index is 0.0960. The Kier molecular flexibility index (Phi) is 4.91. The van der Waals surface area contributed by atoms with E-state index in [9.17, 15) is 4.79 Å². The second kappa shape index (κ2) is 7.11. The lowest BCUT2D eigenvalue weighted by Crippen LogP contribution is -2.42. The summed E-state index contributed by atoms with van der Waals surface area (Å²) in [6.45, 7) is 6.87. The molecule has 1 heterocycles. The molecule has 0 aromatic heterocycles. The Bertz CT molecular complexity index is 780. The maximum atomic E-state index is 12.6. The molecule has 0 saturated carbocycles. The number of urea groups is 1. The lowest BCUT2D eigenvalue weighted by atomic mass is 10.0. The quantitative estimate of drug-likeness (QED) is 0.880. The fourth-order valence-electron chi connectivity index (χ4n) is 3.20. The highest BCUT2D eigenvalue weighted by atomic mass is 16.2. The molecule has 2 amide bonds. The number of carbonyl (C=O) groups is 1. The van der Waals surface area contributed by atoms with Gasteiger partial charge in [-0.1, -0.05) is 56.0 Å². The first-order valence-electron chi connectivity index (χ1n) is 8.63. The largest absolute Gasteiger partial charge is 0.326 e. The molecule has 0 radical (unpaired) electrons. The number of benzene rings is 2. The van der Waals surface area contributed by atoms with Crippen molar-refractivity contribution in [2.24, 2.45) is 0 Å². The number of carbonyl (C=O) groups excluding carboxylic acids is 1. The van der Waals surface area contributed by atoms with Crippen LogP contribution in [0.25, 0.3) is 5.70 Å². The number of fused-ring (bicyclic) bond motifs is 1. The van der Waals surface area contributed by atoms with E-state index in [2.05, 4.69) is 48.0 Å². The molecule has 0 fully saturated rings. The van der Waals surface area contributed by atoms with Gasteiger partial charge in [0.1, 0.15) is 0 Å².